The second-order valence-corrected chi connectivity index (χ2v) is 5.54. The number of hydrogen-bond donors (Lipinski definition) is 1. The second-order valence-electron chi connectivity index (χ2n) is 5.54. The zero-order valence-electron chi connectivity index (χ0n) is 12.3. The number of hydrogen-bond acceptors (Lipinski definition) is 2. The maximum Gasteiger partial charge on any atom is 0.120 e. The quantitative estimate of drug-likeness (QED) is 0.831. The Morgan fingerprint density at radius 3 is 2.84 bits per heavy atom. The molecule has 0 amide bonds. The third-order valence-electron chi connectivity index (χ3n) is 4.13. The van der Waals surface area contributed by atoms with Crippen molar-refractivity contribution in [3.05, 3.63) is 29.8 Å². The molecule has 2 rings (SSSR count). The molecule has 1 aromatic carbocycles. The Labute approximate surface area is 117 Å². The highest BCUT2D eigenvalue weighted by Gasteiger charge is 2.25. The van der Waals surface area contributed by atoms with Crippen molar-refractivity contribution in [3.8, 4) is 5.75 Å². The summed E-state index contributed by atoms with van der Waals surface area (Å²) in [7, 11) is 0. The minimum Gasteiger partial charge on any atom is -0.490 e. The molecule has 0 aromatic heterocycles. The van der Waals surface area contributed by atoms with Crippen LogP contribution in [-0.2, 0) is 6.54 Å². The molecule has 0 spiro atoms. The van der Waals surface area contributed by atoms with Crippen molar-refractivity contribution in [2.75, 3.05) is 6.54 Å². The predicted molar refractivity (Wildman–Crippen MR) is 80.5 cm³/mol. The van der Waals surface area contributed by atoms with Crippen LogP contribution in [0.25, 0.3) is 0 Å². The van der Waals surface area contributed by atoms with Crippen molar-refractivity contribution in [1.29, 1.82) is 0 Å². The molecule has 0 heterocycles. The molecule has 0 radical (unpaired) electrons. The molecule has 1 N–H and O–H groups in total. The van der Waals surface area contributed by atoms with Gasteiger partial charge in [0.25, 0.3) is 0 Å². The molecule has 1 aromatic rings. The first-order valence-corrected chi connectivity index (χ1v) is 7.79. The molecule has 1 aliphatic carbocycles. The molecule has 0 aliphatic heterocycles. The van der Waals surface area contributed by atoms with Gasteiger partial charge in [0, 0.05) is 6.54 Å². The van der Waals surface area contributed by atoms with Crippen molar-refractivity contribution < 1.29 is 4.74 Å². The molecule has 1 aliphatic rings. The normalized spacial score (nSPS) is 23.3. The number of nitrogens with one attached hydrogen (secondary N) is 1. The number of ether oxygens (including phenoxy) is 1. The SMILES string of the molecule is CCNCc1cccc(OC2CCCCC2CC)c1. The predicted octanol–water partition coefficient (Wildman–Crippen LogP) is 4.14. The van der Waals surface area contributed by atoms with Crippen LogP contribution in [0.1, 0.15) is 51.5 Å². The Hall–Kier alpha value is -1.02. The maximum atomic E-state index is 6.25. The summed E-state index contributed by atoms with van der Waals surface area (Å²) in [6.07, 6.45) is 6.90. The molecule has 2 unspecified atom stereocenters. The van der Waals surface area contributed by atoms with E-state index in [1.54, 1.807) is 0 Å². The lowest BCUT2D eigenvalue weighted by atomic mass is 9.85. The average molecular weight is 261 g/mol. The summed E-state index contributed by atoms with van der Waals surface area (Å²) < 4.78 is 6.25. The van der Waals surface area contributed by atoms with E-state index < -0.39 is 0 Å². The lowest BCUT2D eigenvalue weighted by molar-refractivity contribution is 0.0903. The first-order valence-electron chi connectivity index (χ1n) is 7.79. The minimum absolute atomic E-state index is 0.424. The molecular formula is C17H27NO. The standard InChI is InChI=1S/C17H27NO/c1-3-15-9-5-6-11-17(15)19-16-10-7-8-14(12-16)13-18-4-2/h7-8,10,12,15,17-18H,3-6,9,11,13H2,1-2H3. The fraction of sp³-hybridized carbons (Fsp3) is 0.647. The topological polar surface area (TPSA) is 21.3 Å². The van der Waals surface area contributed by atoms with Gasteiger partial charge in [0.05, 0.1) is 0 Å². The third kappa shape index (κ3) is 4.24. The van der Waals surface area contributed by atoms with Crippen LogP contribution in [0.3, 0.4) is 0 Å². The smallest absolute Gasteiger partial charge is 0.120 e. The van der Waals surface area contributed by atoms with Crippen molar-refractivity contribution in [2.24, 2.45) is 5.92 Å². The van der Waals surface area contributed by atoms with E-state index in [-0.39, 0.29) is 0 Å². The summed E-state index contributed by atoms with van der Waals surface area (Å²) in [6.45, 7) is 6.35. The van der Waals surface area contributed by atoms with Crippen LogP contribution >= 0.6 is 0 Å². The summed E-state index contributed by atoms with van der Waals surface area (Å²) >= 11 is 0. The van der Waals surface area contributed by atoms with E-state index >= 15 is 0 Å². The Morgan fingerprint density at radius 2 is 2.05 bits per heavy atom. The van der Waals surface area contributed by atoms with Crippen LogP contribution in [0, 0.1) is 5.92 Å². The van der Waals surface area contributed by atoms with E-state index in [0.717, 1.165) is 24.8 Å². The van der Waals surface area contributed by atoms with Crippen LogP contribution in [0.4, 0.5) is 0 Å². The van der Waals surface area contributed by atoms with E-state index in [1.165, 1.54) is 37.7 Å². The number of benzene rings is 1. The van der Waals surface area contributed by atoms with Crippen LogP contribution in [0.5, 0.6) is 5.75 Å². The average Bonchev–Trinajstić information content (AvgIpc) is 2.46. The monoisotopic (exact) mass is 261 g/mol. The van der Waals surface area contributed by atoms with E-state index in [9.17, 15) is 0 Å². The third-order valence-corrected chi connectivity index (χ3v) is 4.13. The first-order chi connectivity index (χ1) is 9.33. The molecule has 2 heteroatoms. The highest BCUT2D eigenvalue weighted by molar-refractivity contribution is 5.28. The lowest BCUT2D eigenvalue weighted by Crippen LogP contribution is -2.29. The van der Waals surface area contributed by atoms with Gasteiger partial charge < -0.3 is 10.1 Å². The molecule has 106 valence electrons. The molecule has 1 saturated carbocycles. The minimum atomic E-state index is 0.424. The zero-order valence-corrected chi connectivity index (χ0v) is 12.3. The molecule has 0 bridgehead atoms. The van der Waals surface area contributed by atoms with Crippen LogP contribution in [0.15, 0.2) is 24.3 Å². The lowest BCUT2D eigenvalue weighted by Gasteiger charge is -2.31. The van der Waals surface area contributed by atoms with Gasteiger partial charge in [-0.05, 0) is 55.8 Å². The van der Waals surface area contributed by atoms with E-state index in [4.69, 9.17) is 4.74 Å². The highest BCUT2D eigenvalue weighted by atomic mass is 16.5. The van der Waals surface area contributed by atoms with Gasteiger partial charge in [0.1, 0.15) is 11.9 Å². The van der Waals surface area contributed by atoms with E-state index in [1.807, 2.05) is 0 Å². The van der Waals surface area contributed by atoms with Crippen molar-refractivity contribution in [2.45, 2.75) is 58.6 Å². The molecule has 2 atom stereocenters. The highest BCUT2D eigenvalue weighted by Crippen LogP contribution is 2.30. The summed E-state index contributed by atoms with van der Waals surface area (Å²) in [6, 6.07) is 8.54. The summed E-state index contributed by atoms with van der Waals surface area (Å²) in [5, 5.41) is 3.36. The molecular weight excluding hydrogens is 234 g/mol. The van der Waals surface area contributed by atoms with Gasteiger partial charge in [0.2, 0.25) is 0 Å². The Balaban J connectivity index is 1.97. The molecule has 19 heavy (non-hydrogen) atoms. The van der Waals surface area contributed by atoms with Crippen molar-refractivity contribution in [1.82, 2.24) is 5.32 Å². The van der Waals surface area contributed by atoms with Gasteiger partial charge in [-0.2, -0.15) is 0 Å². The summed E-state index contributed by atoms with van der Waals surface area (Å²) in [4.78, 5) is 0. The van der Waals surface area contributed by atoms with Crippen molar-refractivity contribution >= 4 is 0 Å². The summed E-state index contributed by atoms with van der Waals surface area (Å²) in [5.74, 6) is 1.78. The van der Waals surface area contributed by atoms with Gasteiger partial charge >= 0.3 is 0 Å². The number of rotatable bonds is 6. The summed E-state index contributed by atoms with van der Waals surface area (Å²) in [5.41, 5.74) is 1.31. The van der Waals surface area contributed by atoms with E-state index in [0.29, 0.717) is 6.10 Å². The Bertz CT molecular complexity index is 377. The van der Waals surface area contributed by atoms with Crippen LogP contribution in [-0.4, -0.2) is 12.6 Å². The van der Waals surface area contributed by atoms with Gasteiger partial charge in [0.15, 0.2) is 0 Å². The largest absolute Gasteiger partial charge is 0.490 e. The molecule has 0 saturated heterocycles. The van der Waals surface area contributed by atoms with Crippen LogP contribution < -0.4 is 10.1 Å². The fourth-order valence-electron chi connectivity index (χ4n) is 2.97. The first kappa shape index (κ1) is 14.4. The van der Waals surface area contributed by atoms with Crippen LogP contribution in [0.2, 0.25) is 0 Å². The zero-order chi connectivity index (χ0) is 13.5. The molecule has 2 nitrogen and oxygen atoms in total. The van der Waals surface area contributed by atoms with Gasteiger partial charge in [-0.25, -0.2) is 0 Å². The van der Waals surface area contributed by atoms with Gasteiger partial charge in [-0.15, -0.1) is 0 Å². The maximum absolute atomic E-state index is 6.25. The van der Waals surface area contributed by atoms with Crippen molar-refractivity contribution in [3.63, 3.8) is 0 Å². The fourth-order valence-corrected chi connectivity index (χ4v) is 2.97. The molecule has 1 fully saturated rings. The van der Waals surface area contributed by atoms with Gasteiger partial charge in [-0.1, -0.05) is 32.4 Å². The second kappa shape index (κ2) is 7.54. The Kier molecular flexibility index (Phi) is 5.71. The Morgan fingerprint density at radius 1 is 1.21 bits per heavy atom. The van der Waals surface area contributed by atoms with E-state index in [2.05, 4.69) is 43.4 Å². The van der Waals surface area contributed by atoms with Gasteiger partial charge in [-0.3, -0.25) is 0 Å².